The van der Waals surface area contributed by atoms with E-state index in [0.717, 1.165) is 38.5 Å². The Morgan fingerprint density at radius 2 is 1.65 bits per heavy atom. The molecule has 2 aliphatic rings. The molecule has 0 heterocycles. The lowest BCUT2D eigenvalue weighted by Gasteiger charge is -2.31. The summed E-state index contributed by atoms with van der Waals surface area (Å²) >= 11 is 0. The predicted octanol–water partition coefficient (Wildman–Crippen LogP) is 2.37. The van der Waals surface area contributed by atoms with Crippen molar-refractivity contribution in [3.63, 3.8) is 0 Å². The summed E-state index contributed by atoms with van der Waals surface area (Å²) in [4.78, 5) is 12.2. The first-order chi connectivity index (χ1) is 9.69. The van der Waals surface area contributed by atoms with Crippen molar-refractivity contribution in [1.29, 1.82) is 0 Å². The van der Waals surface area contributed by atoms with Gasteiger partial charge in [0.05, 0.1) is 6.10 Å². The van der Waals surface area contributed by atoms with Gasteiger partial charge in [-0.15, -0.1) is 0 Å². The van der Waals surface area contributed by atoms with Crippen LogP contribution >= 0.6 is 0 Å². The van der Waals surface area contributed by atoms with Crippen LogP contribution in [0, 0.1) is 0 Å². The normalized spacial score (nSPS) is 29.9. The van der Waals surface area contributed by atoms with Crippen LogP contribution in [0.15, 0.2) is 0 Å². The zero-order valence-electron chi connectivity index (χ0n) is 13.0. The quantitative estimate of drug-likeness (QED) is 0.814. The molecule has 116 valence electrons. The number of carbonyl (C=O) groups excluding carboxylic acids is 1. The average molecular weight is 282 g/mol. The Bertz CT molecular complexity index is 295. The largest absolute Gasteiger partial charge is 0.365 e. The number of hydrogen-bond donors (Lipinski definition) is 2. The van der Waals surface area contributed by atoms with Crippen molar-refractivity contribution in [2.45, 2.75) is 89.0 Å². The summed E-state index contributed by atoms with van der Waals surface area (Å²) in [7, 11) is 2.02. The van der Waals surface area contributed by atoms with Gasteiger partial charge in [-0.2, -0.15) is 0 Å². The van der Waals surface area contributed by atoms with Gasteiger partial charge in [0.2, 0.25) is 5.91 Å². The smallest absolute Gasteiger partial charge is 0.249 e. The summed E-state index contributed by atoms with van der Waals surface area (Å²) in [5.41, 5.74) is 0. The third-order valence-electron chi connectivity index (χ3n) is 4.80. The third kappa shape index (κ3) is 4.74. The molecule has 0 bridgehead atoms. The summed E-state index contributed by atoms with van der Waals surface area (Å²) in [6.07, 6.45) is 10.4. The van der Waals surface area contributed by atoms with Crippen molar-refractivity contribution < 1.29 is 9.53 Å². The Hall–Kier alpha value is -0.610. The molecule has 0 aromatic heterocycles. The summed E-state index contributed by atoms with van der Waals surface area (Å²) in [6.45, 7) is 1.89. The highest BCUT2D eigenvalue weighted by atomic mass is 16.5. The number of amides is 1. The zero-order chi connectivity index (χ0) is 14.4. The van der Waals surface area contributed by atoms with Crippen LogP contribution in [0.1, 0.15) is 64.7 Å². The first-order valence-electron chi connectivity index (χ1n) is 8.32. The maximum absolute atomic E-state index is 12.2. The number of hydrogen-bond acceptors (Lipinski definition) is 3. The minimum absolute atomic E-state index is 0.0765. The summed E-state index contributed by atoms with van der Waals surface area (Å²) < 4.78 is 5.95. The van der Waals surface area contributed by atoms with Crippen LogP contribution in [0.4, 0.5) is 0 Å². The van der Waals surface area contributed by atoms with Gasteiger partial charge in [0.25, 0.3) is 0 Å². The van der Waals surface area contributed by atoms with E-state index < -0.39 is 0 Å². The van der Waals surface area contributed by atoms with E-state index in [9.17, 15) is 4.79 Å². The van der Waals surface area contributed by atoms with Crippen molar-refractivity contribution in [2.75, 3.05) is 7.05 Å². The fourth-order valence-electron chi connectivity index (χ4n) is 3.40. The van der Waals surface area contributed by atoms with Gasteiger partial charge < -0.3 is 15.4 Å². The molecule has 4 nitrogen and oxygen atoms in total. The van der Waals surface area contributed by atoms with E-state index in [2.05, 4.69) is 10.6 Å². The van der Waals surface area contributed by atoms with E-state index >= 15 is 0 Å². The Kier molecular flexibility index (Phi) is 6.30. The second-order valence-corrected chi connectivity index (χ2v) is 6.38. The molecular weight excluding hydrogens is 252 g/mol. The monoisotopic (exact) mass is 282 g/mol. The molecule has 20 heavy (non-hydrogen) atoms. The minimum atomic E-state index is -0.312. The molecule has 2 saturated carbocycles. The molecule has 0 aromatic rings. The Balaban J connectivity index is 1.68. The number of nitrogens with one attached hydrogen (secondary N) is 2. The molecule has 0 aliphatic heterocycles. The highest BCUT2D eigenvalue weighted by Gasteiger charge is 2.25. The van der Waals surface area contributed by atoms with Gasteiger partial charge in [0.15, 0.2) is 0 Å². The zero-order valence-corrected chi connectivity index (χ0v) is 13.0. The van der Waals surface area contributed by atoms with Crippen LogP contribution < -0.4 is 10.6 Å². The van der Waals surface area contributed by atoms with Crippen molar-refractivity contribution in [3.05, 3.63) is 0 Å². The lowest BCUT2D eigenvalue weighted by atomic mass is 9.93. The van der Waals surface area contributed by atoms with Gasteiger partial charge in [-0.1, -0.05) is 19.3 Å². The van der Waals surface area contributed by atoms with E-state index in [1.807, 2.05) is 14.0 Å². The topological polar surface area (TPSA) is 50.4 Å². The first kappa shape index (κ1) is 15.8. The summed E-state index contributed by atoms with van der Waals surface area (Å²) in [5.74, 6) is 0.0765. The lowest BCUT2D eigenvalue weighted by Crippen LogP contribution is -2.44. The molecule has 2 N–H and O–H groups in total. The SMILES string of the molecule is CNC1CCC(OC(C)C(=O)NC2CCCCC2)CC1. The molecule has 1 unspecified atom stereocenters. The molecule has 0 aromatic carbocycles. The molecule has 2 fully saturated rings. The van der Waals surface area contributed by atoms with E-state index in [1.54, 1.807) is 0 Å². The van der Waals surface area contributed by atoms with Gasteiger partial charge >= 0.3 is 0 Å². The van der Waals surface area contributed by atoms with Crippen LogP contribution in [-0.4, -0.2) is 37.2 Å². The van der Waals surface area contributed by atoms with Crippen molar-refractivity contribution in [1.82, 2.24) is 10.6 Å². The van der Waals surface area contributed by atoms with Gasteiger partial charge in [-0.3, -0.25) is 4.79 Å². The first-order valence-corrected chi connectivity index (χ1v) is 8.32. The maximum atomic E-state index is 12.2. The molecule has 0 radical (unpaired) electrons. The molecule has 1 amide bonds. The lowest BCUT2D eigenvalue weighted by molar-refractivity contribution is -0.137. The molecule has 0 saturated heterocycles. The van der Waals surface area contributed by atoms with E-state index in [4.69, 9.17) is 4.74 Å². The molecule has 2 aliphatic carbocycles. The molecule has 2 rings (SSSR count). The fourth-order valence-corrected chi connectivity index (χ4v) is 3.40. The van der Waals surface area contributed by atoms with Crippen LogP contribution in [0.5, 0.6) is 0 Å². The van der Waals surface area contributed by atoms with E-state index in [0.29, 0.717) is 12.1 Å². The van der Waals surface area contributed by atoms with Crippen molar-refractivity contribution in [2.24, 2.45) is 0 Å². The van der Waals surface area contributed by atoms with Gasteiger partial charge in [-0.25, -0.2) is 0 Å². The van der Waals surface area contributed by atoms with Gasteiger partial charge in [0.1, 0.15) is 6.10 Å². The maximum Gasteiger partial charge on any atom is 0.249 e. The third-order valence-corrected chi connectivity index (χ3v) is 4.80. The van der Waals surface area contributed by atoms with Crippen LogP contribution in [0.25, 0.3) is 0 Å². The van der Waals surface area contributed by atoms with Crippen LogP contribution in [0.2, 0.25) is 0 Å². The Morgan fingerprint density at radius 1 is 1.00 bits per heavy atom. The van der Waals surface area contributed by atoms with Crippen LogP contribution in [-0.2, 0) is 9.53 Å². The summed E-state index contributed by atoms with van der Waals surface area (Å²) in [5, 5.41) is 6.47. The number of rotatable bonds is 5. The second-order valence-electron chi connectivity index (χ2n) is 6.38. The van der Waals surface area contributed by atoms with E-state index in [-0.39, 0.29) is 18.1 Å². The second kappa shape index (κ2) is 7.99. The highest BCUT2D eigenvalue weighted by Crippen LogP contribution is 2.22. The van der Waals surface area contributed by atoms with Gasteiger partial charge in [-0.05, 0) is 52.5 Å². The molecule has 4 heteroatoms. The molecule has 0 spiro atoms. The Morgan fingerprint density at radius 3 is 2.25 bits per heavy atom. The predicted molar refractivity (Wildman–Crippen MR) is 80.7 cm³/mol. The van der Waals surface area contributed by atoms with Crippen LogP contribution in [0.3, 0.4) is 0 Å². The highest BCUT2D eigenvalue weighted by molar-refractivity contribution is 5.80. The minimum Gasteiger partial charge on any atom is -0.365 e. The molecular formula is C16H30N2O2. The van der Waals surface area contributed by atoms with E-state index in [1.165, 1.54) is 19.3 Å². The Labute approximate surface area is 123 Å². The van der Waals surface area contributed by atoms with Gasteiger partial charge in [0, 0.05) is 12.1 Å². The number of ether oxygens (including phenoxy) is 1. The molecule has 1 atom stereocenters. The van der Waals surface area contributed by atoms with Crippen molar-refractivity contribution in [3.8, 4) is 0 Å². The average Bonchev–Trinajstić information content (AvgIpc) is 2.49. The summed E-state index contributed by atoms with van der Waals surface area (Å²) in [6, 6.07) is 1.00. The number of carbonyl (C=O) groups is 1. The standard InChI is InChI=1S/C16H30N2O2/c1-12(16(19)18-14-6-4-3-5-7-14)20-15-10-8-13(17-2)9-11-15/h12-15,17H,3-11H2,1-2H3,(H,18,19). The fraction of sp³-hybridized carbons (Fsp3) is 0.938. The van der Waals surface area contributed by atoms with Crippen molar-refractivity contribution >= 4 is 5.91 Å².